The first-order valence-electron chi connectivity index (χ1n) is 11.5. The van der Waals surface area contributed by atoms with Gasteiger partial charge in [0.15, 0.2) is 16.9 Å². The Morgan fingerprint density at radius 2 is 1.65 bits per heavy atom. The van der Waals surface area contributed by atoms with Gasteiger partial charge in [0.05, 0.1) is 26.7 Å². The molecule has 8 nitrogen and oxygen atoms in total. The molecule has 0 amide bonds. The summed E-state index contributed by atoms with van der Waals surface area (Å²) in [6.07, 6.45) is 0.476. The molecule has 5 rings (SSSR count). The summed E-state index contributed by atoms with van der Waals surface area (Å²) in [6.45, 7) is 0.259. The van der Waals surface area contributed by atoms with Gasteiger partial charge in [-0.1, -0.05) is 17.7 Å². The molecule has 37 heavy (non-hydrogen) atoms. The highest BCUT2D eigenvalue weighted by atomic mass is 35.5. The summed E-state index contributed by atoms with van der Waals surface area (Å²) in [5.74, 6) is 2.08. The second kappa shape index (κ2) is 9.99. The SMILES string of the molecule is COc1ccc2c(=O)c3c(=O)n(CCc4ccc(OC)c(OC)c4)c(-c4ccc(Cl)cc4)nc3oc2c1. The molecular weight excluding hydrogens is 496 g/mol. The van der Waals surface area contributed by atoms with E-state index >= 15 is 0 Å². The highest BCUT2D eigenvalue weighted by Gasteiger charge is 2.19. The maximum absolute atomic E-state index is 13.8. The predicted molar refractivity (Wildman–Crippen MR) is 142 cm³/mol. The van der Waals surface area contributed by atoms with Crippen LogP contribution in [0.15, 0.2) is 74.7 Å². The molecule has 0 aliphatic carbocycles. The number of methoxy groups -OCH3 is 3. The largest absolute Gasteiger partial charge is 0.497 e. The topological polar surface area (TPSA) is 92.8 Å². The molecule has 0 spiro atoms. The first-order valence-corrected chi connectivity index (χ1v) is 11.8. The van der Waals surface area contributed by atoms with E-state index in [1.54, 1.807) is 56.7 Å². The zero-order chi connectivity index (χ0) is 26.1. The fourth-order valence-corrected chi connectivity index (χ4v) is 4.37. The van der Waals surface area contributed by atoms with Gasteiger partial charge in [-0.25, -0.2) is 0 Å². The number of rotatable bonds is 7. The quantitative estimate of drug-likeness (QED) is 0.277. The molecule has 2 heterocycles. The minimum absolute atomic E-state index is 0.0388. The molecule has 0 bridgehead atoms. The highest BCUT2D eigenvalue weighted by molar-refractivity contribution is 6.30. The van der Waals surface area contributed by atoms with Gasteiger partial charge in [0.1, 0.15) is 17.2 Å². The standard InChI is InChI=1S/C28H23ClN2O6/c1-34-19-9-10-20-22(15-19)37-27-24(25(20)32)28(33)31(26(30-27)17-5-7-18(29)8-6-17)13-12-16-4-11-21(35-2)23(14-16)36-3/h4-11,14-15H,12-13H2,1-3H3. The number of ether oxygens (including phenoxy) is 3. The lowest BCUT2D eigenvalue weighted by atomic mass is 10.1. The average Bonchev–Trinajstić information content (AvgIpc) is 2.92. The van der Waals surface area contributed by atoms with E-state index in [4.69, 9.17) is 30.2 Å². The molecule has 0 saturated heterocycles. The number of benzene rings is 3. The van der Waals surface area contributed by atoms with Crippen LogP contribution in [0.4, 0.5) is 0 Å². The summed E-state index contributed by atoms with van der Waals surface area (Å²) >= 11 is 6.09. The molecule has 188 valence electrons. The third kappa shape index (κ3) is 4.51. The van der Waals surface area contributed by atoms with Crippen molar-refractivity contribution in [1.29, 1.82) is 0 Å². The number of aryl methyl sites for hydroxylation is 1. The fraction of sp³-hybridized carbons (Fsp3) is 0.179. The van der Waals surface area contributed by atoms with Crippen molar-refractivity contribution in [3.63, 3.8) is 0 Å². The summed E-state index contributed by atoms with van der Waals surface area (Å²) in [4.78, 5) is 31.8. The van der Waals surface area contributed by atoms with Crippen LogP contribution in [-0.2, 0) is 13.0 Å². The molecule has 0 unspecified atom stereocenters. The third-order valence-electron chi connectivity index (χ3n) is 6.18. The minimum Gasteiger partial charge on any atom is -0.497 e. The molecule has 0 N–H and O–H groups in total. The van der Waals surface area contributed by atoms with Crippen LogP contribution in [-0.4, -0.2) is 30.9 Å². The van der Waals surface area contributed by atoms with Gasteiger partial charge in [-0.2, -0.15) is 4.98 Å². The highest BCUT2D eigenvalue weighted by Crippen LogP contribution is 2.28. The van der Waals surface area contributed by atoms with Crippen LogP contribution in [0, 0.1) is 0 Å². The Morgan fingerprint density at radius 1 is 0.892 bits per heavy atom. The maximum Gasteiger partial charge on any atom is 0.269 e. The molecule has 0 aliphatic rings. The summed E-state index contributed by atoms with van der Waals surface area (Å²) in [5, 5.41) is 0.717. The lowest BCUT2D eigenvalue weighted by Gasteiger charge is -2.15. The Hall–Kier alpha value is -4.30. The average molecular weight is 519 g/mol. The van der Waals surface area contributed by atoms with Gasteiger partial charge in [0.2, 0.25) is 11.1 Å². The van der Waals surface area contributed by atoms with Crippen molar-refractivity contribution in [3.8, 4) is 28.6 Å². The van der Waals surface area contributed by atoms with Crippen LogP contribution >= 0.6 is 11.6 Å². The van der Waals surface area contributed by atoms with E-state index in [0.717, 1.165) is 5.56 Å². The lowest BCUT2D eigenvalue weighted by molar-refractivity contribution is 0.354. The van der Waals surface area contributed by atoms with E-state index in [9.17, 15) is 9.59 Å². The summed E-state index contributed by atoms with van der Waals surface area (Å²) in [6, 6.07) is 17.4. The number of nitrogens with zero attached hydrogens (tertiary/aromatic N) is 2. The Bertz CT molecular complexity index is 1740. The molecule has 5 aromatic rings. The van der Waals surface area contributed by atoms with Crippen LogP contribution in [0.25, 0.3) is 33.5 Å². The smallest absolute Gasteiger partial charge is 0.269 e. The number of hydrogen-bond donors (Lipinski definition) is 0. The molecule has 9 heteroatoms. The van der Waals surface area contributed by atoms with Gasteiger partial charge in [0, 0.05) is 23.2 Å². The van der Waals surface area contributed by atoms with Crippen LogP contribution in [0.2, 0.25) is 5.02 Å². The van der Waals surface area contributed by atoms with Crippen molar-refractivity contribution in [2.24, 2.45) is 0 Å². The van der Waals surface area contributed by atoms with Crippen LogP contribution in [0.1, 0.15) is 5.56 Å². The van der Waals surface area contributed by atoms with E-state index in [2.05, 4.69) is 4.98 Å². The molecular formula is C28H23ClN2O6. The molecule has 0 saturated carbocycles. The van der Waals surface area contributed by atoms with E-state index in [1.807, 2.05) is 18.2 Å². The lowest BCUT2D eigenvalue weighted by Crippen LogP contribution is -2.28. The van der Waals surface area contributed by atoms with Crippen molar-refractivity contribution in [2.75, 3.05) is 21.3 Å². The predicted octanol–water partition coefficient (Wildman–Crippen LogP) is 5.09. The molecule has 0 atom stereocenters. The number of aromatic nitrogens is 2. The monoisotopic (exact) mass is 518 g/mol. The Kier molecular flexibility index (Phi) is 6.58. The normalized spacial score (nSPS) is 11.1. The molecule has 3 aromatic carbocycles. The Labute approximate surface area is 216 Å². The van der Waals surface area contributed by atoms with E-state index in [1.165, 1.54) is 11.7 Å². The van der Waals surface area contributed by atoms with E-state index in [-0.39, 0.29) is 28.6 Å². The van der Waals surface area contributed by atoms with E-state index < -0.39 is 11.0 Å². The Morgan fingerprint density at radius 3 is 2.35 bits per heavy atom. The number of hydrogen-bond acceptors (Lipinski definition) is 7. The first kappa shape index (κ1) is 24.4. The van der Waals surface area contributed by atoms with Crippen LogP contribution in [0.3, 0.4) is 0 Å². The first-order chi connectivity index (χ1) is 17.9. The molecule has 0 aliphatic heterocycles. The molecule has 0 radical (unpaired) electrons. The zero-order valence-corrected chi connectivity index (χ0v) is 21.2. The zero-order valence-electron chi connectivity index (χ0n) is 20.4. The summed E-state index contributed by atoms with van der Waals surface area (Å²) < 4.78 is 23.4. The summed E-state index contributed by atoms with van der Waals surface area (Å²) in [7, 11) is 4.66. The van der Waals surface area contributed by atoms with Crippen molar-refractivity contribution >= 4 is 33.7 Å². The Balaban J connectivity index is 1.69. The van der Waals surface area contributed by atoms with E-state index in [0.29, 0.717) is 40.1 Å². The van der Waals surface area contributed by atoms with Crippen LogP contribution in [0.5, 0.6) is 17.2 Å². The van der Waals surface area contributed by atoms with Crippen molar-refractivity contribution in [1.82, 2.24) is 9.55 Å². The van der Waals surface area contributed by atoms with Crippen molar-refractivity contribution < 1.29 is 18.6 Å². The van der Waals surface area contributed by atoms with Gasteiger partial charge in [-0.3, -0.25) is 14.2 Å². The maximum atomic E-state index is 13.8. The minimum atomic E-state index is -0.484. The fourth-order valence-electron chi connectivity index (χ4n) is 4.25. The third-order valence-corrected chi connectivity index (χ3v) is 6.43. The summed E-state index contributed by atoms with van der Waals surface area (Å²) in [5.41, 5.74) is 0.895. The van der Waals surface area contributed by atoms with Gasteiger partial charge in [-0.15, -0.1) is 0 Å². The van der Waals surface area contributed by atoms with Gasteiger partial charge in [0.25, 0.3) is 5.56 Å². The van der Waals surface area contributed by atoms with Gasteiger partial charge >= 0.3 is 0 Å². The second-order valence-electron chi connectivity index (χ2n) is 8.31. The molecule has 0 fully saturated rings. The van der Waals surface area contributed by atoms with Gasteiger partial charge in [-0.05, 0) is 60.5 Å². The van der Waals surface area contributed by atoms with Crippen molar-refractivity contribution in [3.05, 3.63) is 91.8 Å². The number of fused-ring (bicyclic) bond motifs is 2. The van der Waals surface area contributed by atoms with Gasteiger partial charge < -0.3 is 18.6 Å². The second-order valence-corrected chi connectivity index (χ2v) is 8.75. The number of halogens is 1. The molecule has 2 aromatic heterocycles. The van der Waals surface area contributed by atoms with Crippen molar-refractivity contribution in [2.45, 2.75) is 13.0 Å². The van der Waals surface area contributed by atoms with Crippen LogP contribution < -0.4 is 25.2 Å².